The second-order valence-electron chi connectivity index (χ2n) is 4.37. The molecule has 1 fully saturated rings. The molecule has 1 amide bonds. The van der Waals surface area contributed by atoms with E-state index in [1.807, 2.05) is 25.2 Å². The number of carbonyl (C=O) groups is 2. The fourth-order valence-corrected chi connectivity index (χ4v) is 1.74. The lowest BCUT2D eigenvalue weighted by Gasteiger charge is -2.20. The number of para-hydroxylation sites is 1. The average Bonchev–Trinajstić information content (AvgIpc) is 3.12. The van der Waals surface area contributed by atoms with Crippen molar-refractivity contribution in [3.05, 3.63) is 29.8 Å². The van der Waals surface area contributed by atoms with E-state index >= 15 is 0 Å². The van der Waals surface area contributed by atoms with Gasteiger partial charge in [0, 0.05) is 24.3 Å². The van der Waals surface area contributed by atoms with Gasteiger partial charge in [0.05, 0.1) is 6.54 Å². The van der Waals surface area contributed by atoms with Crippen LogP contribution in [0.5, 0.6) is 0 Å². The molecule has 1 N–H and O–H groups in total. The number of nitrogens with zero attached hydrogens (tertiary/aromatic N) is 1. The fourth-order valence-electron chi connectivity index (χ4n) is 1.74. The molecule has 1 aromatic rings. The molecule has 0 spiro atoms. The van der Waals surface area contributed by atoms with Crippen LogP contribution in [0.3, 0.4) is 0 Å². The van der Waals surface area contributed by atoms with E-state index in [4.69, 9.17) is 0 Å². The molecule has 90 valence electrons. The normalized spacial score (nSPS) is 14.2. The summed E-state index contributed by atoms with van der Waals surface area (Å²) in [6.45, 7) is 0.279. The van der Waals surface area contributed by atoms with E-state index in [2.05, 4.69) is 5.32 Å². The van der Waals surface area contributed by atoms with Gasteiger partial charge in [-0.15, -0.1) is 0 Å². The van der Waals surface area contributed by atoms with Gasteiger partial charge in [-0.25, -0.2) is 0 Å². The highest BCUT2D eigenvalue weighted by Gasteiger charge is 2.23. The van der Waals surface area contributed by atoms with Crippen molar-refractivity contribution in [2.45, 2.75) is 18.9 Å². The Bertz CT molecular complexity index is 427. The fraction of sp³-hybridized carbons (Fsp3) is 0.385. The Labute approximate surface area is 101 Å². The van der Waals surface area contributed by atoms with E-state index in [1.165, 1.54) is 0 Å². The number of nitrogens with one attached hydrogen (secondary N) is 1. The van der Waals surface area contributed by atoms with Crippen molar-refractivity contribution in [2.75, 3.05) is 18.5 Å². The summed E-state index contributed by atoms with van der Waals surface area (Å²) in [5, 5.41) is 2.92. The number of rotatable bonds is 5. The van der Waals surface area contributed by atoms with Crippen LogP contribution in [-0.2, 0) is 4.79 Å². The van der Waals surface area contributed by atoms with Crippen molar-refractivity contribution < 1.29 is 9.59 Å². The highest BCUT2D eigenvalue weighted by Crippen LogP contribution is 2.19. The van der Waals surface area contributed by atoms with Crippen molar-refractivity contribution in [3.8, 4) is 0 Å². The Morgan fingerprint density at radius 1 is 1.47 bits per heavy atom. The minimum atomic E-state index is 0.00991. The van der Waals surface area contributed by atoms with Gasteiger partial charge < -0.3 is 10.2 Å². The van der Waals surface area contributed by atoms with Crippen molar-refractivity contribution >= 4 is 17.9 Å². The van der Waals surface area contributed by atoms with Gasteiger partial charge in [-0.05, 0) is 25.0 Å². The summed E-state index contributed by atoms with van der Waals surface area (Å²) in [5.74, 6) is 0.00991. The lowest BCUT2D eigenvalue weighted by molar-refractivity contribution is -0.119. The number of likely N-dealkylation sites (N-methyl/N-ethyl adjacent to an activating group) is 1. The SMILES string of the molecule is CN(CC(=O)NC1CC1)c1ccccc1C=O. The molecule has 0 bridgehead atoms. The topological polar surface area (TPSA) is 49.4 Å². The number of anilines is 1. The molecule has 4 nitrogen and oxygen atoms in total. The third-order valence-corrected chi connectivity index (χ3v) is 2.80. The zero-order chi connectivity index (χ0) is 12.3. The van der Waals surface area contributed by atoms with Gasteiger partial charge in [-0.2, -0.15) is 0 Å². The number of benzene rings is 1. The highest BCUT2D eigenvalue weighted by molar-refractivity contribution is 5.87. The van der Waals surface area contributed by atoms with Crippen molar-refractivity contribution in [3.63, 3.8) is 0 Å². The third-order valence-electron chi connectivity index (χ3n) is 2.80. The molecule has 1 aliphatic rings. The van der Waals surface area contributed by atoms with Crippen LogP contribution in [0.1, 0.15) is 23.2 Å². The van der Waals surface area contributed by atoms with Crippen LogP contribution in [0, 0.1) is 0 Å². The molecule has 1 aliphatic carbocycles. The maximum atomic E-state index is 11.6. The molecule has 1 saturated carbocycles. The van der Waals surface area contributed by atoms with Gasteiger partial charge in [-0.1, -0.05) is 12.1 Å². The lowest BCUT2D eigenvalue weighted by Crippen LogP contribution is -2.36. The number of hydrogen-bond acceptors (Lipinski definition) is 3. The predicted octanol–water partition coefficient (Wildman–Crippen LogP) is 1.21. The molecular formula is C13H16N2O2. The third kappa shape index (κ3) is 3.06. The Kier molecular flexibility index (Phi) is 3.42. The Morgan fingerprint density at radius 3 is 2.82 bits per heavy atom. The molecule has 17 heavy (non-hydrogen) atoms. The Balaban J connectivity index is 1.99. The van der Waals surface area contributed by atoms with E-state index in [9.17, 15) is 9.59 Å². The van der Waals surface area contributed by atoms with Crippen molar-refractivity contribution in [1.29, 1.82) is 0 Å². The molecular weight excluding hydrogens is 216 g/mol. The molecule has 0 radical (unpaired) electrons. The number of amides is 1. The van der Waals surface area contributed by atoms with Crippen LogP contribution in [0.25, 0.3) is 0 Å². The second-order valence-corrected chi connectivity index (χ2v) is 4.37. The predicted molar refractivity (Wildman–Crippen MR) is 66.3 cm³/mol. The smallest absolute Gasteiger partial charge is 0.239 e. The van der Waals surface area contributed by atoms with Gasteiger partial charge in [0.1, 0.15) is 0 Å². The molecule has 4 heteroatoms. The molecule has 0 heterocycles. The monoisotopic (exact) mass is 232 g/mol. The first-order chi connectivity index (χ1) is 8.20. The minimum absolute atomic E-state index is 0.00991. The van der Waals surface area contributed by atoms with Gasteiger partial charge in [-0.3, -0.25) is 9.59 Å². The van der Waals surface area contributed by atoms with E-state index in [-0.39, 0.29) is 12.5 Å². The largest absolute Gasteiger partial charge is 0.365 e. The quantitative estimate of drug-likeness (QED) is 0.776. The van der Waals surface area contributed by atoms with Gasteiger partial charge in [0.2, 0.25) is 5.91 Å². The maximum Gasteiger partial charge on any atom is 0.239 e. The molecule has 0 aromatic heterocycles. The van der Waals surface area contributed by atoms with E-state index in [1.54, 1.807) is 11.0 Å². The standard InChI is InChI=1S/C13H16N2O2/c1-15(8-13(17)14-11-6-7-11)12-5-3-2-4-10(12)9-16/h2-5,9,11H,6-8H2,1H3,(H,14,17). The molecule has 0 aliphatic heterocycles. The first-order valence-electron chi connectivity index (χ1n) is 5.75. The first-order valence-corrected chi connectivity index (χ1v) is 5.75. The summed E-state index contributed by atoms with van der Waals surface area (Å²) in [6.07, 6.45) is 2.98. The summed E-state index contributed by atoms with van der Waals surface area (Å²) in [4.78, 5) is 24.3. The van der Waals surface area contributed by atoms with Crippen LogP contribution in [0.4, 0.5) is 5.69 Å². The summed E-state index contributed by atoms with van der Waals surface area (Å²) in [7, 11) is 1.81. The lowest BCUT2D eigenvalue weighted by atomic mass is 10.2. The Hall–Kier alpha value is -1.84. The van der Waals surface area contributed by atoms with Crippen LogP contribution in [0.15, 0.2) is 24.3 Å². The average molecular weight is 232 g/mol. The molecule has 2 rings (SSSR count). The summed E-state index contributed by atoms with van der Waals surface area (Å²) >= 11 is 0. The van der Waals surface area contributed by atoms with E-state index in [0.717, 1.165) is 24.8 Å². The highest BCUT2D eigenvalue weighted by atomic mass is 16.2. The van der Waals surface area contributed by atoms with Crippen LogP contribution >= 0.6 is 0 Å². The van der Waals surface area contributed by atoms with Gasteiger partial charge >= 0.3 is 0 Å². The Morgan fingerprint density at radius 2 is 2.18 bits per heavy atom. The van der Waals surface area contributed by atoms with Crippen LogP contribution in [-0.4, -0.2) is 31.8 Å². The zero-order valence-electron chi connectivity index (χ0n) is 9.85. The van der Waals surface area contributed by atoms with E-state index in [0.29, 0.717) is 11.6 Å². The maximum absolute atomic E-state index is 11.6. The first kappa shape index (κ1) is 11.6. The molecule has 0 atom stereocenters. The van der Waals surface area contributed by atoms with Crippen molar-refractivity contribution in [2.24, 2.45) is 0 Å². The van der Waals surface area contributed by atoms with Gasteiger partial charge in [0.15, 0.2) is 6.29 Å². The molecule has 0 saturated heterocycles. The number of aldehydes is 1. The second kappa shape index (κ2) is 4.99. The summed E-state index contributed by atoms with van der Waals surface area (Å²) in [5.41, 5.74) is 1.39. The van der Waals surface area contributed by atoms with E-state index < -0.39 is 0 Å². The minimum Gasteiger partial charge on any atom is -0.365 e. The van der Waals surface area contributed by atoms with Gasteiger partial charge in [0.25, 0.3) is 0 Å². The van der Waals surface area contributed by atoms with Crippen LogP contribution in [0.2, 0.25) is 0 Å². The number of hydrogen-bond donors (Lipinski definition) is 1. The molecule has 0 unspecified atom stereocenters. The van der Waals surface area contributed by atoms with Crippen molar-refractivity contribution in [1.82, 2.24) is 5.32 Å². The summed E-state index contributed by atoms with van der Waals surface area (Å²) < 4.78 is 0. The van der Waals surface area contributed by atoms with Crippen LogP contribution < -0.4 is 10.2 Å². The summed E-state index contributed by atoms with van der Waals surface area (Å²) in [6, 6.07) is 7.63. The number of carbonyl (C=O) groups excluding carboxylic acids is 2. The zero-order valence-corrected chi connectivity index (χ0v) is 9.85. The molecule has 1 aromatic carbocycles.